The molecule has 1 aromatic heterocycles. The van der Waals surface area contributed by atoms with Gasteiger partial charge in [-0.3, -0.25) is 14.5 Å². The van der Waals surface area contributed by atoms with Gasteiger partial charge >= 0.3 is 5.97 Å². The van der Waals surface area contributed by atoms with Crippen LogP contribution in [0.15, 0.2) is 53.2 Å². The normalized spacial score (nSPS) is 23.5. The van der Waals surface area contributed by atoms with Gasteiger partial charge in [0, 0.05) is 23.7 Å². The topological polar surface area (TPSA) is 90.0 Å². The molecule has 2 N–H and O–H groups in total. The maximum absolute atomic E-state index is 12.7. The van der Waals surface area contributed by atoms with Crippen LogP contribution in [0, 0.1) is 0 Å². The van der Waals surface area contributed by atoms with Crippen molar-refractivity contribution in [2.45, 2.75) is 17.8 Å². The molecule has 3 aliphatic heterocycles. The van der Waals surface area contributed by atoms with Gasteiger partial charge in [0.2, 0.25) is 5.91 Å². The Morgan fingerprint density at radius 1 is 1.32 bits per heavy atom. The van der Waals surface area contributed by atoms with Gasteiger partial charge in [0.05, 0.1) is 6.42 Å². The van der Waals surface area contributed by atoms with Gasteiger partial charge in [0.25, 0.3) is 5.91 Å². The number of carbonyl (C=O) groups excluding carboxylic acids is 2. The number of hydrogen-bond acceptors (Lipinski definition) is 6. The summed E-state index contributed by atoms with van der Waals surface area (Å²) >= 11 is 2.98. The van der Waals surface area contributed by atoms with E-state index >= 15 is 0 Å². The summed E-state index contributed by atoms with van der Waals surface area (Å²) in [5.74, 6) is -1.17. The van der Waals surface area contributed by atoms with Crippen LogP contribution in [0.5, 0.6) is 0 Å². The van der Waals surface area contributed by atoms with Crippen molar-refractivity contribution >= 4 is 40.9 Å². The van der Waals surface area contributed by atoms with Gasteiger partial charge in [0.15, 0.2) is 0 Å². The number of thioether (sulfide) groups is 1. The number of fused-ring (bicyclic) bond motifs is 1. The minimum atomic E-state index is -1.10. The van der Waals surface area contributed by atoms with E-state index < -0.39 is 12.0 Å². The van der Waals surface area contributed by atoms with Crippen LogP contribution in [0.25, 0.3) is 0 Å². The molecule has 1 saturated heterocycles. The van der Waals surface area contributed by atoms with Crippen molar-refractivity contribution in [2.24, 2.45) is 0 Å². The minimum Gasteiger partial charge on any atom is -0.477 e. The number of aliphatic carboxylic acids is 1. The fourth-order valence-corrected chi connectivity index (χ4v) is 5.51. The first-order valence-corrected chi connectivity index (χ1v) is 10.8. The second-order valence-corrected chi connectivity index (χ2v) is 8.80. The molecule has 0 spiro atoms. The lowest BCUT2D eigenvalue weighted by Gasteiger charge is -2.49. The van der Waals surface area contributed by atoms with Gasteiger partial charge in [0.1, 0.15) is 17.1 Å². The van der Waals surface area contributed by atoms with Gasteiger partial charge in [-0.2, -0.15) is 0 Å². The second kappa shape index (κ2) is 7.84. The molecule has 2 atom stereocenters. The molecule has 9 heteroatoms. The Kier molecular flexibility index (Phi) is 5.27. The molecule has 1 aromatic rings. The van der Waals surface area contributed by atoms with E-state index in [-0.39, 0.29) is 29.3 Å². The fraction of sp³-hybridized carbons (Fsp3) is 0.316. The van der Waals surface area contributed by atoms with E-state index in [1.807, 2.05) is 46.8 Å². The highest BCUT2D eigenvalue weighted by Crippen LogP contribution is 2.40. The minimum absolute atomic E-state index is 0.0560. The Bertz CT molecular complexity index is 891. The molecule has 146 valence electrons. The van der Waals surface area contributed by atoms with Crippen LogP contribution in [0.3, 0.4) is 0 Å². The molecule has 0 aromatic carbocycles. The summed E-state index contributed by atoms with van der Waals surface area (Å²) in [4.78, 5) is 41.0. The average Bonchev–Trinajstić information content (AvgIpc) is 3.19. The summed E-state index contributed by atoms with van der Waals surface area (Å²) in [5.41, 5.74) is 0.769. The smallest absolute Gasteiger partial charge is 0.352 e. The summed E-state index contributed by atoms with van der Waals surface area (Å²) in [6, 6.07) is 3.07. The monoisotopic (exact) mass is 417 g/mol. The number of nitrogens with one attached hydrogen (secondary N) is 1. The largest absolute Gasteiger partial charge is 0.477 e. The van der Waals surface area contributed by atoms with Crippen molar-refractivity contribution in [1.29, 1.82) is 0 Å². The number of allylic oxidation sites excluding steroid dienone is 2. The van der Waals surface area contributed by atoms with Crippen molar-refractivity contribution in [1.82, 2.24) is 15.1 Å². The lowest BCUT2D eigenvalue weighted by Crippen LogP contribution is -2.70. The van der Waals surface area contributed by atoms with Crippen LogP contribution >= 0.6 is 23.1 Å². The number of hydrogen-bond donors (Lipinski definition) is 2. The highest BCUT2D eigenvalue weighted by atomic mass is 32.2. The van der Waals surface area contributed by atoms with Crippen LogP contribution in [0.1, 0.15) is 4.88 Å². The Labute approximate surface area is 170 Å². The van der Waals surface area contributed by atoms with Crippen molar-refractivity contribution in [2.75, 3.05) is 18.8 Å². The van der Waals surface area contributed by atoms with E-state index in [2.05, 4.69) is 5.32 Å². The lowest BCUT2D eigenvalue weighted by molar-refractivity contribution is -0.150. The third kappa shape index (κ3) is 3.59. The number of carbonyl (C=O) groups is 3. The quantitative estimate of drug-likeness (QED) is 0.681. The number of thiophene rings is 1. The average molecular weight is 418 g/mol. The third-order valence-corrected chi connectivity index (χ3v) is 6.98. The zero-order valence-corrected chi connectivity index (χ0v) is 16.5. The molecule has 0 radical (unpaired) electrons. The van der Waals surface area contributed by atoms with Crippen molar-refractivity contribution in [3.05, 3.63) is 58.1 Å². The Hall–Kier alpha value is -2.52. The summed E-state index contributed by atoms with van der Waals surface area (Å²) < 4.78 is 0. The number of β-lactam (4-membered cyclic amide) rings is 1. The number of nitrogens with zero attached hydrogens (tertiary/aromatic N) is 2. The molecule has 0 aliphatic carbocycles. The summed E-state index contributed by atoms with van der Waals surface area (Å²) in [6.45, 7) is 1.16. The van der Waals surface area contributed by atoms with Crippen molar-refractivity contribution < 1.29 is 19.5 Å². The zero-order valence-electron chi connectivity index (χ0n) is 14.9. The maximum atomic E-state index is 12.7. The molecule has 0 saturated carbocycles. The molecule has 3 aliphatic rings. The van der Waals surface area contributed by atoms with Crippen LogP contribution in [0.4, 0.5) is 0 Å². The van der Waals surface area contributed by atoms with Crippen molar-refractivity contribution in [3.63, 3.8) is 0 Å². The molecular formula is C19H19N3O4S2. The van der Waals surface area contributed by atoms with Gasteiger partial charge in [-0.05, 0) is 29.3 Å². The number of carboxylic acid groups (broad SMARTS) is 1. The molecule has 28 heavy (non-hydrogen) atoms. The van der Waals surface area contributed by atoms with Crippen LogP contribution in [0.2, 0.25) is 0 Å². The van der Waals surface area contributed by atoms with E-state index in [0.717, 1.165) is 4.88 Å². The van der Waals surface area contributed by atoms with Gasteiger partial charge in [-0.15, -0.1) is 23.1 Å². The first-order valence-electron chi connectivity index (χ1n) is 8.83. The molecule has 4 rings (SSSR count). The zero-order chi connectivity index (χ0) is 19.7. The molecule has 0 bridgehead atoms. The standard InChI is InChI=1S/C19H19N3O4S2/c23-14(9-13-5-4-8-27-13)20-15-17(24)22-16(19(25)26)12(11-28-18(15)22)10-21-6-2-1-3-7-21/h1-6,8,15,18H,7,9-11H2,(H,20,23)(H,25,26)/t15-,18?/m1/s1. The van der Waals surface area contributed by atoms with E-state index in [0.29, 0.717) is 24.4 Å². The first-order chi connectivity index (χ1) is 13.5. The highest BCUT2D eigenvalue weighted by Gasteiger charge is 2.54. The van der Waals surface area contributed by atoms with E-state index in [1.54, 1.807) is 0 Å². The summed E-state index contributed by atoms with van der Waals surface area (Å²) in [5, 5.41) is 14.0. The molecule has 4 heterocycles. The Balaban J connectivity index is 1.46. The number of amides is 2. The fourth-order valence-electron chi connectivity index (χ4n) is 3.47. The molecule has 2 amide bonds. The highest BCUT2D eigenvalue weighted by molar-refractivity contribution is 8.00. The van der Waals surface area contributed by atoms with Crippen molar-refractivity contribution in [3.8, 4) is 0 Å². The predicted octanol–water partition coefficient (Wildman–Crippen LogP) is 1.41. The SMILES string of the molecule is O=C(Cc1cccs1)N[C@@H]1C(=O)N2C(C(=O)O)=C(CN3C=CC=CC3)CSC12. The number of carboxylic acids is 1. The number of rotatable bonds is 6. The van der Waals surface area contributed by atoms with E-state index in [9.17, 15) is 19.5 Å². The lowest BCUT2D eigenvalue weighted by atomic mass is 10.0. The second-order valence-electron chi connectivity index (χ2n) is 6.67. The van der Waals surface area contributed by atoms with Crippen LogP contribution in [-0.4, -0.2) is 62.9 Å². The first kappa shape index (κ1) is 18.8. The van der Waals surface area contributed by atoms with Crippen LogP contribution < -0.4 is 5.32 Å². The molecule has 1 unspecified atom stereocenters. The van der Waals surface area contributed by atoms with Gasteiger partial charge in [-0.1, -0.05) is 18.2 Å². The summed E-state index contributed by atoms with van der Waals surface area (Å²) in [6.07, 6.45) is 7.97. The summed E-state index contributed by atoms with van der Waals surface area (Å²) in [7, 11) is 0. The van der Waals surface area contributed by atoms with E-state index in [4.69, 9.17) is 0 Å². The van der Waals surface area contributed by atoms with Gasteiger partial charge in [-0.25, -0.2) is 4.79 Å². The Morgan fingerprint density at radius 2 is 2.18 bits per heavy atom. The maximum Gasteiger partial charge on any atom is 0.352 e. The molecular weight excluding hydrogens is 398 g/mol. The van der Waals surface area contributed by atoms with E-state index in [1.165, 1.54) is 28.0 Å². The molecule has 7 nitrogen and oxygen atoms in total. The van der Waals surface area contributed by atoms with Crippen LogP contribution in [-0.2, 0) is 20.8 Å². The predicted molar refractivity (Wildman–Crippen MR) is 108 cm³/mol. The molecule has 1 fully saturated rings. The Morgan fingerprint density at radius 3 is 2.86 bits per heavy atom. The van der Waals surface area contributed by atoms with Gasteiger partial charge < -0.3 is 15.3 Å². The third-order valence-electron chi connectivity index (χ3n) is 4.76.